The second-order valence-corrected chi connectivity index (χ2v) is 7.22. The molecule has 1 aliphatic heterocycles. The first kappa shape index (κ1) is 19.3. The van der Waals surface area contributed by atoms with Gasteiger partial charge in [0.1, 0.15) is 11.5 Å². The van der Waals surface area contributed by atoms with Crippen LogP contribution < -0.4 is 9.47 Å². The van der Waals surface area contributed by atoms with Gasteiger partial charge in [0.05, 0.1) is 14.2 Å². The van der Waals surface area contributed by atoms with Gasteiger partial charge in [-0.25, -0.2) is 0 Å². The van der Waals surface area contributed by atoms with Crippen LogP contribution in [0.4, 0.5) is 0 Å². The molecule has 0 saturated carbocycles. The maximum Gasteiger partial charge on any atom is 0.260 e. The number of hydrogen-bond donors (Lipinski definition) is 0. The molecule has 0 bridgehead atoms. The number of amides is 1. The molecule has 2 aromatic carbocycles. The minimum Gasteiger partial charge on any atom is -0.497 e. The lowest BCUT2D eigenvalue weighted by Gasteiger charge is -2.28. The topological polar surface area (TPSA) is 51.1 Å². The van der Waals surface area contributed by atoms with Gasteiger partial charge in [0.2, 0.25) is 0 Å². The van der Waals surface area contributed by atoms with E-state index in [1.165, 1.54) is 5.56 Å². The van der Waals surface area contributed by atoms with Crippen LogP contribution in [0.3, 0.4) is 0 Å². The largest absolute Gasteiger partial charge is 0.497 e. The van der Waals surface area contributed by atoms with Crippen LogP contribution in [0.1, 0.15) is 22.3 Å². The molecule has 0 N–H and O–H groups in total. The highest BCUT2D eigenvalue weighted by Crippen LogP contribution is 2.26. The Morgan fingerprint density at radius 3 is 2.48 bits per heavy atom. The molecule has 0 spiro atoms. The van der Waals surface area contributed by atoms with Crippen LogP contribution in [-0.2, 0) is 6.42 Å². The van der Waals surface area contributed by atoms with Gasteiger partial charge in [0.25, 0.3) is 5.91 Å². The summed E-state index contributed by atoms with van der Waals surface area (Å²) in [5.41, 5.74) is 1.79. The molecule has 1 amide bonds. The van der Waals surface area contributed by atoms with Gasteiger partial charge in [0.15, 0.2) is 5.17 Å². The van der Waals surface area contributed by atoms with Crippen molar-refractivity contribution in [1.82, 2.24) is 4.90 Å². The highest BCUT2D eigenvalue weighted by molar-refractivity contribution is 8.13. The molecule has 1 heterocycles. The third-order valence-electron chi connectivity index (χ3n) is 4.32. The van der Waals surface area contributed by atoms with E-state index in [0.717, 1.165) is 23.8 Å². The maximum atomic E-state index is 13.1. The molecule has 6 heteroatoms. The van der Waals surface area contributed by atoms with Gasteiger partial charge in [-0.05, 0) is 30.5 Å². The van der Waals surface area contributed by atoms with E-state index in [4.69, 9.17) is 14.5 Å². The monoisotopic (exact) mass is 384 g/mol. The van der Waals surface area contributed by atoms with Crippen LogP contribution in [0.25, 0.3) is 0 Å². The Kier molecular flexibility index (Phi) is 6.76. The van der Waals surface area contributed by atoms with Gasteiger partial charge < -0.3 is 9.47 Å². The first-order chi connectivity index (χ1) is 13.2. The minimum atomic E-state index is -0.0714. The predicted octanol–water partition coefficient (Wildman–Crippen LogP) is 3.88. The fourth-order valence-corrected chi connectivity index (χ4v) is 3.86. The molecule has 2 aromatic rings. The van der Waals surface area contributed by atoms with Crippen LogP contribution in [0.2, 0.25) is 0 Å². The smallest absolute Gasteiger partial charge is 0.260 e. The zero-order valence-corrected chi connectivity index (χ0v) is 16.5. The lowest BCUT2D eigenvalue weighted by atomic mass is 10.1. The first-order valence-corrected chi connectivity index (χ1v) is 9.96. The Balaban J connectivity index is 1.76. The van der Waals surface area contributed by atoms with E-state index < -0.39 is 0 Å². The molecular weight excluding hydrogens is 360 g/mol. The number of carbonyl (C=O) groups is 1. The highest BCUT2D eigenvalue weighted by atomic mass is 32.2. The van der Waals surface area contributed by atoms with Crippen LogP contribution in [-0.4, -0.2) is 49.0 Å². The Hall–Kier alpha value is -2.47. The minimum absolute atomic E-state index is 0.0714. The molecular formula is C21H24N2O3S. The predicted molar refractivity (Wildman–Crippen MR) is 110 cm³/mol. The van der Waals surface area contributed by atoms with Crippen molar-refractivity contribution in [3.05, 3.63) is 59.7 Å². The van der Waals surface area contributed by atoms with Crippen LogP contribution in [0, 0.1) is 0 Å². The normalized spacial score (nSPS) is 15.6. The van der Waals surface area contributed by atoms with Crippen LogP contribution in [0.5, 0.6) is 11.5 Å². The number of carbonyl (C=O) groups excluding carboxylic acids is 1. The van der Waals surface area contributed by atoms with Crippen molar-refractivity contribution < 1.29 is 14.3 Å². The number of hydrogen-bond acceptors (Lipinski definition) is 5. The van der Waals surface area contributed by atoms with Gasteiger partial charge in [-0.3, -0.25) is 14.7 Å². The number of methoxy groups -OCH3 is 2. The molecule has 5 nitrogen and oxygen atoms in total. The number of aliphatic imine (C=N–C) groups is 1. The van der Waals surface area contributed by atoms with Crippen molar-refractivity contribution in [1.29, 1.82) is 0 Å². The van der Waals surface area contributed by atoms with Crippen molar-refractivity contribution in [3.63, 3.8) is 0 Å². The first-order valence-electron chi connectivity index (χ1n) is 8.97. The summed E-state index contributed by atoms with van der Waals surface area (Å²) in [6.07, 6.45) is 1.81. The van der Waals surface area contributed by atoms with Gasteiger partial charge >= 0.3 is 0 Å². The Bertz CT molecular complexity index is 786. The molecule has 0 aliphatic carbocycles. The number of ether oxygens (including phenoxy) is 2. The highest BCUT2D eigenvalue weighted by Gasteiger charge is 2.25. The third-order valence-corrected chi connectivity index (χ3v) is 5.42. The van der Waals surface area contributed by atoms with Crippen molar-refractivity contribution >= 4 is 22.8 Å². The Labute approximate surface area is 164 Å². The summed E-state index contributed by atoms with van der Waals surface area (Å²) < 4.78 is 10.6. The summed E-state index contributed by atoms with van der Waals surface area (Å²) in [5.74, 6) is 2.11. The third kappa shape index (κ3) is 5.04. The van der Waals surface area contributed by atoms with E-state index in [1.54, 1.807) is 49.1 Å². The summed E-state index contributed by atoms with van der Waals surface area (Å²) in [6.45, 7) is 1.34. The Morgan fingerprint density at radius 2 is 1.81 bits per heavy atom. The van der Waals surface area contributed by atoms with E-state index in [-0.39, 0.29) is 5.91 Å². The van der Waals surface area contributed by atoms with Crippen molar-refractivity contribution in [3.8, 4) is 11.5 Å². The fraction of sp³-hybridized carbons (Fsp3) is 0.333. The number of benzene rings is 2. The molecule has 3 rings (SSSR count). The number of amidine groups is 1. The molecule has 1 saturated heterocycles. The Morgan fingerprint density at radius 1 is 1.11 bits per heavy atom. The molecule has 27 heavy (non-hydrogen) atoms. The van der Waals surface area contributed by atoms with E-state index in [9.17, 15) is 4.79 Å². The summed E-state index contributed by atoms with van der Waals surface area (Å²) in [6, 6.07) is 15.5. The molecule has 0 unspecified atom stereocenters. The fourth-order valence-electron chi connectivity index (χ4n) is 2.89. The van der Waals surface area contributed by atoms with Crippen LogP contribution >= 0.6 is 11.8 Å². The second kappa shape index (κ2) is 9.46. The maximum absolute atomic E-state index is 13.1. The summed E-state index contributed by atoms with van der Waals surface area (Å²) in [4.78, 5) is 19.6. The average Bonchev–Trinajstić information content (AvgIpc) is 2.74. The molecule has 1 aliphatic rings. The standard InChI is InChI=1S/C21H24N2O3S/c1-25-18-13-17(14-19(15-18)26-2)20(24)23-11-6-12-27-21(23)22-10-9-16-7-4-3-5-8-16/h3-5,7-8,13-15H,6,9-12H2,1-2H3. The molecule has 1 fully saturated rings. The second-order valence-electron chi connectivity index (χ2n) is 6.16. The molecule has 142 valence electrons. The van der Waals surface area contributed by atoms with E-state index in [2.05, 4.69) is 12.1 Å². The SMILES string of the molecule is COc1cc(OC)cc(C(=O)N2CCCSC2=NCCc2ccccc2)c1. The van der Waals surface area contributed by atoms with E-state index in [1.807, 2.05) is 18.2 Å². The lowest BCUT2D eigenvalue weighted by Crippen LogP contribution is -2.39. The summed E-state index contributed by atoms with van der Waals surface area (Å²) >= 11 is 1.64. The zero-order valence-electron chi connectivity index (χ0n) is 15.7. The average molecular weight is 385 g/mol. The molecule has 0 atom stereocenters. The van der Waals surface area contributed by atoms with Gasteiger partial charge in [-0.15, -0.1) is 0 Å². The zero-order chi connectivity index (χ0) is 19.1. The van der Waals surface area contributed by atoms with Crippen LogP contribution in [0.15, 0.2) is 53.5 Å². The van der Waals surface area contributed by atoms with Crippen molar-refractivity contribution in [2.45, 2.75) is 12.8 Å². The van der Waals surface area contributed by atoms with Crippen molar-refractivity contribution in [2.75, 3.05) is 33.1 Å². The van der Waals surface area contributed by atoms with E-state index >= 15 is 0 Å². The molecule has 0 radical (unpaired) electrons. The summed E-state index contributed by atoms with van der Waals surface area (Å²) in [7, 11) is 3.16. The van der Waals surface area contributed by atoms with Gasteiger partial charge in [-0.2, -0.15) is 0 Å². The quantitative estimate of drug-likeness (QED) is 0.758. The lowest BCUT2D eigenvalue weighted by molar-refractivity contribution is 0.0848. The summed E-state index contributed by atoms with van der Waals surface area (Å²) in [5, 5.41) is 0.795. The van der Waals surface area contributed by atoms with E-state index in [0.29, 0.717) is 30.2 Å². The molecule has 0 aromatic heterocycles. The number of rotatable bonds is 6. The van der Waals surface area contributed by atoms with Crippen molar-refractivity contribution in [2.24, 2.45) is 4.99 Å². The number of thioether (sulfide) groups is 1. The van der Waals surface area contributed by atoms with Gasteiger partial charge in [0, 0.05) is 30.5 Å². The van der Waals surface area contributed by atoms with Gasteiger partial charge in [-0.1, -0.05) is 42.1 Å². The number of nitrogens with zero attached hydrogens (tertiary/aromatic N) is 2.